The lowest BCUT2D eigenvalue weighted by molar-refractivity contribution is 0.0211. The Kier molecular flexibility index (Phi) is 4.15. The van der Waals surface area contributed by atoms with E-state index in [2.05, 4.69) is 4.90 Å². The van der Waals surface area contributed by atoms with Gasteiger partial charge in [0.05, 0.1) is 5.60 Å². The van der Waals surface area contributed by atoms with Gasteiger partial charge in [-0.3, -0.25) is 4.90 Å². The van der Waals surface area contributed by atoms with Gasteiger partial charge in [-0.05, 0) is 13.8 Å². The molecule has 1 fully saturated rings. The van der Waals surface area contributed by atoms with E-state index in [0.717, 1.165) is 26.2 Å². The monoisotopic (exact) mass is 229 g/mol. The van der Waals surface area contributed by atoms with E-state index in [1.54, 1.807) is 19.0 Å². The van der Waals surface area contributed by atoms with Gasteiger partial charge in [-0.2, -0.15) is 0 Å². The van der Waals surface area contributed by atoms with Gasteiger partial charge in [-0.25, -0.2) is 4.79 Å². The minimum atomic E-state index is -0.659. The summed E-state index contributed by atoms with van der Waals surface area (Å²) in [6, 6.07) is 0.0721. The third-order valence-corrected chi connectivity index (χ3v) is 2.64. The molecule has 2 amide bonds. The molecule has 0 bridgehead atoms. The first-order valence-corrected chi connectivity index (χ1v) is 5.70. The molecule has 0 unspecified atom stereocenters. The molecule has 1 aliphatic heterocycles. The second-order valence-corrected chi connectivity index (χ2v) is 5.25. The molecule has 0 aromatic carbocycles. The van der Waals surface area contributed by atoms with Crippen LogP contribution in [0.3, 0.4) is 0 Å². The first kappa shape index (κ1) is 13.3. The Labute approximate surface area is 97.6 Å². The van der Waals surface area contributed by atoms with Gasteiger partial charge in [0.25, 0.3) is 0 Å². The van der Waals surface area contributed by atoms with Crippen LogP contribution in [0.4, 0.5) is 4.79 Å². The molecule has 1 heterocycles. The number of piperazine rings is 1. The number of nitrogens with zero attached hydrogens (tertiary/aromatic N) is 3. The smallest absolute Gasteiger partial charge is 0.319 e. The molecule has 0 aromatic heterocycles. The maximum Gasteiger partial charge on any atom is 0.319 e. The van der Waals surface area contributed by atoms with Crippen LogP contribution in [0, 0.1) is 0 Å². The van der Waals surface area contributed by atoms with Crippen LogP contribution >= 0.6 is 0 Å². The highest BCUT2D eigenvalue weighted by atomic mass is 16.3. The summed E-state index contributed by atoms with van der Waals surface area (Å²) in [6.07, 6.45) is 0. The topological polar surface area (TPSA) is 47.0 Å². The van der Waals surface area contributed by atoms with Gasteiger partial charge in [0, 0.05) is 46.8 Å². The summed E-state index contributed by atoms with van der Waals surface area (Å²) in [4.78, 5) is 17.3. The Morgan fingerprint density at radius 1 is 1.25 bits per heavy atom. The Bertz CT molecular complexity index is 240. The van der Waals surface area contributed by atoms with E-state index in [-0.39, 0.29) is 6.03 Å². The normalized spacial score (nSPS) is 18.7. The zero-order valence-corrected chi connectivity index (χ0v) is 10.7. The van der Waals surface area contributed by atoms with Crippen LogP contribution in [0.2, 0.25) is 0 Å². The molecule has 0 spiro atoms. The number of rotatable bonds is 2. The molecule has 1 saturated heterocycles. The number of urea groups is 1. The highest BCUT2D eigenvalue weighted by Gasteiger charge is 2.25. The first-order valence-electron chi connectivity index (χ1n) is 5.70. The number of hydrogen-bond donors (Lipinski definition) is 1. The molecule has 5 nitrogen and oxygen atoms in total. The van der Waals surface area contributed by atoms with Crippen LogP contribution < -0.4 is 0 Å². The lowest BCUT2D eigenvalue weighted by atomic mass is 10.1. The Morgan fingerprint density at radius 3 is 2.12 bits per heavy atom. The van der Waals surface area contributed by atoms with Crippen LogP contribution in [-0.2, 0) is 0 Å². The molecule has 0 saturated carbocycles. The lowest BCUT2D eigenvalue weighted by Gasteiger charge is -2.38. The van der Waals surface area contributed by atoms with Gasteiger partial charge < -0.3 is 14.9 Å². The maximum atomic E-state index is 11.7. The fraction of sp³-hybridized carbons (Fsp3) is 0.909. The predicted octanol–water partition coefficient (Wildman–Crippen LogP) is 0.0565. The van der Waals surface area contributed by atoms with Crippen LogP contribution in [0.5, 0.6) is 0 Å². The Balaban J connectivity index is 2.37. The van der Waals surface area contributed by atoms with E-state index in [4.69, 9.17) is 0 Å². The van der Waals surface area contributed by atoms with Crippen molar-refractivity contribution in [1.29, 1.82) is 0 Å². The van der Waals surface area contributed by atoms with Crippen molar-refractivity contribution >= 4 is 6.03 Å². The molecule has 0 aliphatic carbocycles. The number of carbonyl (C=O) groups excluding carboxylic acids is 1. The number of aliphatic hydroxyl groups is 1. The Hall–Kier alpha value is -0.810. The molecule has 0 aromatic rings. The standard InChI is InChI=1S/C11H23N3O2/c1-11(2,16)9-13-5-7-14(8-6-13)10(15)12(3)4/h16H,5-9H2,1-4H3. The summed E-state index contributed by atoms with van der Waals surface area (Å²) < 4.78 is 0. The van der Waals surface area contributed by atoms with Crippen LogP contribution in [-0.4, -0.2) is 78.3 Å². The third-order valence-electron chi connectivity index (χ3n) is 2.64. The number of hydrogen-bond acceptors (Lipinski definition) is 3. The van der Waals surface area contributed by atoms with Gasteiger partial charge in [0.2, 0.25) is 0 Å². The van der Waals surface area contributed by atoms with Gasteiger partial charge in [0.15, 0.2) is 0 Å². The highest BCUT2D eigenvalue weighted by molar-refractivity contribution is 5.73. The predicted molar refractivity (Wildman–Crippen MR) is 63.4 cm³/mol. The van der Waals surface area contributed by atoms with E-state index in [9.17, 15) is 9.90 Å². The van der Waals surface area contributed by atoms with Gasteiger partial charge in [-0.15, -0.1) is 0 Å². The second kappa shape index (κ2) is 5.01. The number of amides is 2. The molecule has 1 aliphatic rings. The van der Waals surface area contributed by atoms with Gasteiger partial charge in [0.1, 0.15) is 0 Å². The van der Waals surface area contributed by atoms with Crippen LogP contribution in [0.15, 0.2) is 0 Å². The van der Waals surface area contributed by atoms with Crippen molar-refractivity contribution in [2.75, 3.05) is 46.8 Å². The van der Waals surface area contributed by atoms with Gasteiger partial charge >= 0.3 is 6.03 Å². The Morgan fingerprint density at radius 2 is 1.75 bits per heavy atom. The lowest BCUT2D eigenvalue weighted by Crippen LogP contribution is -2.53. The quantitative estimate of drug-likeness (QED) is 0.728. The summed E-state index contributed by atoms with van der Waals surface area (Å²) in [6.45, 7) is 7.44. The molecule has 1 N–H and O–H groups in total. The number of β-amino-alcohol motifs (C(OH)–C–C–N with tert-alkyl or cyclic N) is 1. The zero-order valence-electron chi connectivity index (χ0n) is 10.7. The minimum Gasteiger partial charge on any atom is -0.389 e. The molecular weight excluding hydrogens is 206 g/mol. The van der Waals surface area contributed by atoms with E-state index < -0.39 is 5.60 Å². The average Bonchev–Trinajstić information content (AvgIpc) is 2.15. The van der Waals surface area contributed by atoms with Crippen molar-refractivity contribution in [2.24, 2.45) is 0 Å². The fourth-order valence-electron chi connectivity index (χ4n) is 1.93. The summed E-state index contributed by atoms with van der Waals surface area (Å²) >= 11 is 0. The SMILES string of the molecule is CN(C)C(=O)N1CCN(CC(C)(C)O)CC1. The van der Waals surface area contributed by atoms with E-state index in [1.807, 2.05) is 18.7 Å². The maximum absolute atomic E-state index is 11.7. The molecule has 5 heteroatoms. The summed E-state index contributed by atoms with van der Waals surface area (Å²) in [5.41, 5.74) is -0.659. The zero-order chi connectivity index (χ0) is 12.3. The second-order valence-electron chi connectivity index (χ2n) is 5.25. The summed E-state index contributed by atoms with van der Waals surface area (Å²) in [7, 11) is 3.54. The highest BCUT2D eigenvalue weighted by Crippen LogP contribution is 2.09. The largest absolute Gasteiger partial charge is 0.389 e. The van der Waals surface area contributed by atoms with Crippen molar-refractivity contribution in [3.05, 3.63) is 0 Å². The van der Waals surface area contributed by atoms with Crippen molar-refractivity contribution in [2.45, 2.75) is 19.4 Å². The molecule has 16 heavy (non-hydrogen) atoms. The van der Waals surface area contributed by atoms with Gasteiger partial charge in [-0.1, -0.05) is 0 Å². The molecule has 1 rings (SSSR count). The van der Waals surface area contributed by atoms with Crippen molar-refractivity contribution in [1.82, 2.24) is 14.7 Å². The molecular formula is C11H23N3O2. The van der Waals surface area contributed by atoms with E-state index in [0.29, 0.717) is 6.54 Å². The molecule has 94 valence electrons. The average molecular weight is 229 g/mol. The van der Waals surface area contributed by atoms with E-state index >= 15 is 0 Å². The summed E-state index contributed by atoms with van der Waals surface area (Å²) in [5.74, 6) is 0. The van der Waals surface area contributed by atoms with E-state index in [1.165, 1.54) is 0 Å². The van der Waals surface area contributed by atoms with Crippen LogP contribution in [0.1, 0.15) is 13.8 Å². The third kappa shape index (κ3) is 3.98. The van der Waals surface area contributed by atoms with Crippen LogP contribution in [0.25, 0.3) is 0 Å². The fourth-order valence-corrected chi connectivity index (χ4v) is 1.93. The van der Waals surface area contributed by atoms with Crippen molar-refractivity contribution in [3.63, 3.8) is 0 Å². The van der Waals surface area contributed by atoms with Crippen molar-refractivity contribution < 1.29 is 9.90 Å². The summed E-state index contributed by atoms with van der Waals surface area (Å²) in [5, 5.41) is 9.70. The first-order chi connectivity index (χ1) is 7.29. The van der Waals surface area contributed by atoms with Crippen molar-refractivity contribution in [3.8, 4) is 0 Å². The minimum absolute atomic E-state index is 0.0721. The molecule has 0 radical (unpaired) electrons. The number of carbonyl (C=O) groups is 1. The molecule has 0 atom stereocenters.